The smallest absolute Gasteiger partial charge is 0.407 e. The number of carbonyl (C=O) groups is 2. The second-order valence-electron chi connectivity index (χ2n) is 4.69. The van der Waals surface area contributed by atoms with Crippen molar-refractivity contribution in [3.63, 3.8) is 0 Å². The summed E-state index contributed by atoms with van der Waals surface area (Å²) in [5.74, 6) is -1.26. The molecule has 2 rings (SSSR count). The molecule has 1 aromatic carbocycles. The van der Waals surface area contributed by atoms with Gasteiger partial charge in [-0.15, -0.1) is 0 Å². The van der Waals surface area contributed by atoms with Crippen molar-refractivity contribution in [2.45, 2.75) is 18.6 Å². The molecule has 1 fully saturated rings. The zero-order valence-electron chi connectivity index (χ0n) is 10.3. The summed E-state index contributed by atoms with van der Waals surface area (Å²) in [4.78, 5) is 22.2. The summed E-state index contributed by atoms with van der Waals surface area (Å²) >= 11 is 0. The minimum Gasteiger partial charge on any atom is -0.480 e. The number of carboxylic acids is 1. The van der Waals surface area contributed by atoms with E-state index in [2.05, 4.69) is 5.32 Å². The molecule has 4 N–H and O–H groups in total. The summed E-state index contributed by atoms with van der Waals surface area (Å²) in [7, 11) is 0. The lowest BCUT2D eigenvalue weighted by molar-refractivity contribution is -0.140. The Labute approximate surface area is 110 Å². The van der Waals surface area contributed by atoms with Gasteiger partial charge in [-0.25, -0.2) is 4.79 Å². The minimum atomic E-state index is -1.19. The summed E-state index contributed by atoms with van der Waals surface area (Å²) in [5.41, 5.74) is 5.30. The highest BCUT2D eigenvalue weighted by molar-refractivity contribution is 5.83. The lowest BCUT2D eigenvalue weighted by Crippen LogP contribution is -2.38. The molecule has 0 aromatic heterocycles. The SMILES string of the molecule is N[C@]1(C(=O)O)C[C@H]1CNC(=O)OCc1ccccc1. The van der Waals surface area contributed by atoms with E-state index in [0.29, 0.717) is 6.42 Å². The number of rotatable bonds is 5. The fourth-order valence-corrected chi connectivity index (χ4v) is 1.85. The maximum atomic E-state index is 11.4. The Morgan fingerprint density at radius 3 is 2.68 bits per heavy atom. The van der Waals surface area contributed by atoms with Gasteiger partial charge in [-0.3, -0.25) is 4.79 Å². The molecule has 102 valence electrons. The van der Waals surface area contributed by atoms with Crippen LogP contribution < -0.4 is 11.1 Å². The summed E-state index contributed by atoms with van der Waals surface area (Å²) in [6.07, 6.45) is -0.190. The molecule has 1 aliphatic carbocycles. The van der Waals surface area contributed by atoms with E-state index in [9.17, 15) is 9.59 Å². The fourth-order valence-electron chi connectivity index (χ4n) is 1.85. The summed E-state index contributed by atoms with van der Waals surface area (Å²) in [6, 6.07) is 9.29. The molecule has 0 saturated heterocycles. The molecule has 2 atom stereocenters. The maximum Gasteiger partial charge on any atom is 0.407 e. The number of benzene rings is 1. The predicted molar refractivity (Wildman–Crippen MR) is 67.3 cm³/mol. The Kier molecular flexibility index (Phi) is 3.71. The van der Waals surface area contributed by atoms with Gasteiger partial charge in [0, 0.05) is 12.5 Å². The molecule has 1 saturated carbocycles. The fraction of sp³-hybridized carbons (Fsp3) is 0.385. The van der Waals surface area contributed by atoms with E-state index in [1.54, 1.807) is 0 Å². The number of carbonyl (C=O) groups excluding carboxylic acids is 1. The number of alkyl carbamates (subject to hydrolysis) is 1. The molecule has 1 aliphatic rings. The molecule has 0 heterocycles. The van der Waals surface area contributed by atoms with E-state index in [1.165, 1.54) is 0 Å². The average Bonchev–Trinajstić information content (AvgIpc) is 3.08. The number of ether oxygens (including phenoxy) is 1. The van der Waals surface area contributed by atoms with Gasteiger partial charge in [-0.1, -0.05) is 30.3 Å². The molecule has 0 radical (unpaired) electrons. The first-order valence-electron chi connectivity index (χ1n) is 5.99. The molecule has 0 aliphatic heterocycles. The Balaban J connectivity index is 1.68. The largest absolute Gasteiger partial charge is 0.480 e. The molecule has 0 spiro atoms. The summed E-state index contributed by atoms with van der Waals surface area (Å²) in [6.45, 7) is 0.403. The molecule has 19 heavy (non-hydrogen) atoms. The lowest BCUT2D eigenvalue weighted by atomic mass is 10.2. The number of carboxylic acid groups (broad SMARTS) is 1. The van der Waals surface area contributed by atoms with Crippen molar-refractivity contribution in [2.24, 2.45) is 11.7 Å². The molecular weight excluding hydrogens is 248 g/mol. The van der Waals surface area contributed by atoms with Crippen LogP contribution in [-0.2, 0) is 16.1 Å². The van der Waals surface area contributed by atoms with Gasteiger partial charge in [0.15, 0.2) is 0 Å². The molecular formula is C13H16N2O4. The standard InChI is InChI=1S/C13H16N2O4/c14-13(11(16)17)6-10(13)7-15-12(18)19-8-9-4-2-1-3-5-9/h1-5,10H,6-8,14H2,(H,15,18)(H,16,17)/t10-,13+/m0/s1. The molecule has 6 nitrogen and oxygen atoms in total. The van der Waals surface area contributed by atoms with Crippen LogP contribution in [0.4, 0.5) is 4.79 Å². The van der Waals surface area contributed by atoms with Crippen LogP contribution in [0, 0.1) is 5.92 Å². The first kappa shape index (κ1) is 13.4. The van der Waals surface area contributed by atoms with Gasteiger partial charge in [0.1, 0.15) is 12.1 Å². The number of hydrogen-bond acceptors (Lipinski definition) is 4. The highest BCUT2D eigenvalue weighted by atomic mass is 16.5. The second-order valence-corrected chi connectivity index (χ2v) is 4.69. The second kappa shape index (κ2) is 5.27. The molecule has 1 aromatic rings. The number of hydrogen-bond donors (Lipinski definition) is 3. The van der Waals surface area contributed by atoms with Crippen LogP contribution in [0.25, 0.3) is 0 Å². The number of nitrogens with two attached hydrogens (primary N) is 1. The van der Waals surface area contributed by atoms with Crippen LogP contribution >= 0.6 is 0 Å². The molecule has 0 bridgehead atoms. The molecule has 0 unspecified atom stereocenters. The lowest BCUT2D eigenvalue weighted by Gasteiger charge is -2.08. The number of nitrogens with one attached hydrogen (secondary N) is 1. The van der Waals surface area contributed by atoms with Gasteiger partial charge in [0.05, 0.1) is 0 Å². The zero-order chi connectivity index (χ0) is 13.9. The normalized spacial score (nSPS) is 24.6. The van der Waals surface area contributed by atoms with Gasteiger partial charge in [0.25, 0.3) is 0 Å². The Hall–Kier alpha value is -2.08. The van der Waals surface area contributed by atoms with Crippen molar-refractivity contribution >= 4 is 12.1 Å². The highest BCUT2D eigenvalue weighted by Gasteiger charge is 2.57. The van der Waals surface area contributed by atoms with Crippen molar-refractivity contribution in [1.82, 2.24) is 5.32 Å². The molecule has 1 amide bonds. The first-order chi connectivity index (χ1) is 9.02. The highest BCUT2D eigenvalue weighted by Crippen LogP contribution is 2.40. The van der Waals surface area contributed by atoms with Gasteiger partial charge in [0.2, 0.25) is 0 Å². The third-order valence-electron chi connectivity index (χ3n) is 3.26. The topological polar surface area (TPSA) is 102 Å². The summed E-state index contributed by atoms with van der Waals surface area (Å²) in [5, 5.41) is 11.4. The van der Waals surface area contributed by atoms with Gasteiger partial charge < -0.3 is 20.9 Å². The van der Waals surface area contributed by atoms with Crippen molar-refractivity contribution in [3.05, 3.63) is 35.9 Å². The first-order valence-corrected chi connectivity index (χ1v) is 5.99. The third kappa shape index (κ3) is 3.23. The molecule has 6 heteroatoms. The third-order valence-corrected chi connectivity index (χ3v) is 3.26. The van der Waals surface area contributed by atoms with Gasteiger partial charge in [-0.05, 0) is 12.0 Å². The van der Waals surface area contributed by atoms with Crippen LogP contribution in [0.2, 0.25) is 0 Å². The van der Waals surface area contributed by atoms with Crippen LogP contribution in [0.1, 0.15) is 12.0 Å². The van der Waals surface area contributed by atoms with Crippen LogP contribution in [0.15, 0.2) is 30.3 Å². The van der Waals surface area contributed by atoms with Crippen molar-refractivity contribution in [2.75, 3.05) is 6.54 Å². The van der Waals surface area contributed by atoms with Crippen LogP contribution in [-0.4, -0.2) is 29.3 Å². The van der Waals surface area contributed by atoms with E-state index < -0.39 is 17.6 Å². The monoisotopic (exact) mass is 264 g/mol. The van der Waals surface area contributed by atoms with E-state index in [1.807, 2.05) is 30.3 Å². The maximum absolute atomic E-state index is 11.4. The van der Waals surface area contributed by atoms with Crippen molar-refractivity contribution in [3.8, 4) is 0 Å². The van der Waals surface area contributed by atoms with E-state index in [4.69, 9.17) is 15.6 Å². The van der Waals surface area contributed by atoms with E-state index in [-0.39, 0.29) is 19.1 Å². The Bertz CT molecular complexity index is 477. The zero-order valence-corrected chi connectivity index (χ0v) is 10.3. The quantitative estimate of drug-likeness (QED) is 0.727. The minimum absolute atomic E-state index is 0.185. The van der Waals surface area contributed by atoms with Crippen LogP contribution in [0.5, 0.6) is 0 Å². The number of amides is 1. The average molecular weight is 264 g/mol. The summed E-state index contributed by atoms with van der Waals surface area (Å²) < 4.78 is 5.00. The van der Waals surface area contributed by atoms with E-state index in [0.717, 1.165) is 5.56 Å². The predicted octanol–water partition coefficient (Wildman–Crippen LogP) is 0.715. The Morgan fingerprint density at radius 2 is 2.11 bits per heavy atom. The van der Waals surface area contributed by atoms with Crippen molar-refractivity contribution < 1.29 is 19.4 Å². The van der Waals surface area contributed by atoms with Crippen molar-refractivity contribution in [1.29, 1.82) is 0 Å². The van der Waals surface area contributed by atoms with Gasteiger partial charge in [-0.2, -0.15) is 0 Å². The Morgan fingerprint density at radius 1 is 1.42 bits per heavy atom. The van der Waals surface area contributed by atoms with E-state index >= 15 is 0 Å². The number of aliphatic carboxylic acids is 1. The van der Waals surface area contributed by atoms with Crippen LogP contribution in [0.3, 0.4) is 0 Å². The van der Waals surface area contributed by atoms with Gasteiger partial charge >= 0.3 is 12.1 Å².